The minimum Gasteiger partial charge on any atom is -0.495 e. The van der Waals surface area contributed by atoms with Crippen molar-refractivity contribution in [1.82, 2.24) is 4.90 Å². The number of rotatable bonds is 8. The van der Waals surface area contributed by atoms with Crippen molar-refractivity contribution in [3.8, 4) is 11.5 Å². The molecule has 0 bridgehead atoms. The van der Waals surface area contributed by atoms with Gasteiger partial charge in [-0.25, -0.2) is 0 Å². The average molecular weight is 441 g/mol. The summed E-state index contributed by atoms with van der Waals surface area (Å²) in [4.78, 5) is 14.9. The first-order valence-electron chi connectivity index (χ1n) is 11.3. The topological polar surface area (TPSA) is 71.0 Å². The van der Waals surface area contributed by atoms with Gasteiger partial charge in [-0.3, -0.25) is 4.79 Å². The quantitative estimate of drug-likeness (QED) is 0.647. The third-order valence-corrected chi connectivity index (χ3v) is 5.92. The predicted molar refractivity (Wildman–Crippen MR) is 127 cm³/mol. The lowest BCUT2D eigenvalue weighted by Gasteiger charge is -2.32. The van der Waals surface area contributed by atoms with Crippen molar-refractivity contribution in [2.45, 2.75) is 45.1 Å². The number of aliphatic hydroxyl groups is 1. The van der Waals surface area contributed by atoms with Crippen LogP contribution >= 0.6 is 0 Å². The number of hydrogen-bond donors (Lipinski definition) is 2. The van der Waals surface area contributed by atoms with Gasteiger partial charge in [0.2, 0.25) is 5.91 Å². The Morgan fingerprint density at radius 2 is 1.72 bits per heavy atom. The summed E-state index contributed by atoms with van der Waals surface area (Å²) in [6.07, 6.45) is 0.949. The lowest BCUT2D eigenvalue weighted by atomic mass is 9.86. The Hall–Kier alpha value is -2.57. The first-order valence-corrected chi connectivity index (χ1v) is 11.3. The molecule has 1 unspecified atom stereocenters. The molecule has 0 radical (unpaired) electrons. The number of amides is 1. The summed E-state index contributed by atoms with van der Waals surface area (Å²) in [5.74, 6) is 1.47. The molecule has 2 N–H and O–H groups in total. The fraction of sp³-hybridized carbons (Fsp3) is 0.500. The summed E-state index contributed by atoms with van der Waals surface area (Å²) in [5.41, 5.74) is 1.81. The van der Waals surface area contributed by atoms with Gasteiger partial charge >= 0.3 is 0 Å². The number of anilines is 1. The Kier molecular flexibility index (Phi) is 8.15. The number of carbonyl (C=O) groups is 1. The zero-order valence-electron chi connectivity index (χ0n) is 19.6. The molecule has 1 fully saturated rings. The minimum absolute atomic E-state index is 0.0201. The van der Waals surface area contributed by atoms with E-state index in [0.29, 0.717) is 18.0 Å². The number of β-amino-alcohol motifs (C(OH)–C–C–N with tert-alkyl or cyclic N) is 1. The van der Waals surface area contributed by atoms with Crippen LogP contribution in [0, 0.1) is 5.92 Å². The fourth-order valence-electron chi connectivity index (χ4n) is 4.11. The van der Waals surface area contributed by atoms with Gasteiger partial charge in [0.15, 0.2) is 0 Å². The van der Waals surface area contributed by atoms with E-state index < -0.39 is 6.10 Å². The van der Waals surface area contributed by atoms with Crippen LogP contribution in [-0.2, 0) is 10.2 Å². The van der Waals surface area contributed by atoms with E-state index >= 15 is 0 Å². The Balaban J connectivity index is 1.44. The molecule has 32 heavy (non-hydrogen) atoms. The molecule has 1 aliphatic heterocycles. The molecule has 6 nitrogen and oxygen atoms in total. The average Bonchev–Trinajstić information content (AvgIpc) is 2.78. The summed E-state index contributed by atoms with van der Waals surface area (Å²) < 4.78 is 11.3. The monoisotopic (exact) mass is 440 g/mol. The van der Waals surface area contributed by atoms with Crippen molar-refractivity contribution >= 4 is 11.6 Å². The normalized spacial score (nSPS) is 16.4. The SMILES string of the molecule is COc1ccccc1NC(=O)C1CCN(CC(O)COc2ccccc2C(C)(C)C)CC1. The van der Waals surface area contributed by atoms with Gasteiger partial charge < -0.3 is 24.8 Å². The first-order chi connectivity index (χ1) is 15.3. The molecular formula is C26H36N2O4. The number of piperidine rings is 1. The third kappa shape index (κ3) is 6.47. The number of nitrogens with zero attached hydrogens (tertiary/aromatic N) is 1. The maximum Gasteiger partial charge on any atom is 0.227 e. The Labute approximate surface area is 191 Å². The number of benzene rings is 2. The molecule has 1 atom stereocenters. The van der Waals surface area contributed by atoms with Crippen LogP contribution in [0.1, 0.15) is 39.2 Å². The number of nitrogens with one attached hydrogen (secondary N) is 1. The molecule has 1 amide bonds. The second-order valence-electron chi connectivity index (χ2n) is 9.48. The molecule has 0 aromatic heterocycles. The summed E-state index contributed by atoms with van der Waals surface area (Å²) in [6.45, 7) is 8.80. The zero-order chi connectivity index (χ0) is 23.1. The molecule has 0 saturated carbocycles. The highest BCUT2D eigenvalue weighted by Crippen LogP contribution is 2.31. The minimum atomic E-state index is -0.581. The number of methoxy groups -OCH3 is 1. The molecule has 3 rings (SSSR count). The van der Waals surface area contributed by atoms with E-state index in [-0.39, 0.29) is 23.8 Å². The van der Waals surface area contributed by atoms with E-state index in [9.17, 15) is 9.90 Å². The molecule has 0 aliphatic carbocycles. The largest absolute Gasteiger partial charge is 0.495 e. The number of ether oxygens (including phenoxy) is 2. The molecule has 1 aliphatic rings. The second kappa shape index (κ2) is 10.8. The van der Waals surface area contributed by atoms with Crippen LogP contribution in [0.2, 0.25) is 0 Å². The highest BCUT2D eigenvalue weighted by molar-refractivity contribution is 5.94. The van der Waals surface area contributed by atoms with Gasteiger partial charge in [-0.15, -0.1) is 0 Å². The van der Waals surface area contributed by atoms with Crippen molar-refractivity contribution in [3.63, 3.8) is 0 Å². The number of hydrogen-bond acceptors (Lipinski definition) is 5. The van der Waals surface area contributed by atoms with E-state index in [1.807, 2.05) is 42.5 Å². The van der Waals surface area contributed by atoms with Crippen molar-refractivity contribution < 1.29 is 19.4 Å². The van der Waals surface area contributed by atoms with E-state index in [0.717, 1.165) is 37.2 Å². The molecule has 174 valence electrons. The molecular weight excluding hydrogens is 404 g/mol. The lowest BCUT2D eigenvalue weighted by molar-refractivity contribution is -0.121. The number of para-hydroxylation sites is 3. The molecule has 0 spiro atoms. The standard InChI is InChI=1S/C26H36N2O4/c1-26(2,3)21-9-5-7-11-23(21)32-18-20(29)17-28-15-13-19(14-16-28)25(30)27-22-10-6-8-12-24(22)31-4/h5-12,19-20,29H,13-18H2,1-4H3,(H,27,30). The number of carbonyl (C=O) groups excluding carboxylic acids is 1. The van der Waals surface area contributed by atoms with Crippen LogP contribution in [0.25, 0.3) is 0 Å². The fourth-order valence-corrected chi connectivity index (χ4v) is 4.11. The summed E-state index contributed by atoms with van der Waals surface area (Å²) >= 11 is 0. The van der Waals surface area contributed by atoms with Crippen LogP contribution in [-0.4, -0.2) is 55.4 Å². The Morgan fingerprint density at radius 3 is 2.38 bits per heavy atom. The lowest BCUT2D eigenvalue weighted by Crippen LogP contribution is -2.42. The summed E-state index contributed by atoms with van der Waals surface area (Å²) in [6, 6.07) is 15.4. The van der Waals surface area contributed by atoms with Gasteiger partial charge in [-0.2, -0.15) is 0 Å². The molecule has 2 aromatic carbocycles. The molecule has 1 saturated heterocycles. The predicted octanol–water partition coefficient (Wildman–Crippen LogP) is 4.08. The van der Waals surface area contributed by atoms with Crippen molar-refractivity contribution in [2.24, 2.45) is 5.92 Å². The smallest absolute Gasteiger partial charge is 0.227 e. The highest BCUT2D eigenvalue weighted by atomic mass is 16.5. The van der Waals surface area contributed by atoms with Crippen molar-refractivity contribution in [1.29, 1.82) is 0 Å². The van der Waals surface area contributed by atoms with Crippen LogP contribution in [0.3, 0.4) is 0 Å². The number of likely N-dealkylation sites (tertiary alicyclic amines) is 1. The van der Waals surface area contributed by atoms with Gasteiger partial charge in [-0.1, -0.05) is 51.1 Å². The highest BCUT2D eigenvalue weighted by Gasteiger charge is 2.27. The van der Waals surface area contributed by atoms with Crippen molar-refractivity contribution in [2.75, 3.05) is 38.7 Å². The maximum absolute atomic E-state index is 12.7. The van der Waals surface area contributed by atoms with Crippen LogP contribution in [0.4, 0.5) is 5.69 Å². The summed E-state index contributed by atoms with van der Waals surface area (Å²) in [5, 5.41) is 13.5. The van der Waals surface area contributed by atoms with Gasteiger partial charge in [0.1, 0.15) is 24.2 Å². The van der Waals surface area contributed by atoms with Gasteiger partial charge in [0, 0.05) is 12.5 Å². The van der Waals surface area contributed by atoms with E-state index in [1.54, 1.807) is 7.11 Å². The molecule has 2 aromatic rings. The molecule has 6 heteroatoms. The van der Waals surface area contributed by atoms with E-state index in [4.69, 9.17) is 9.47 Å². The summed E-state index contributed by atoms with van der Waals surface area (Å²) in [7, 11) is 1.60. The Morgan fingerprint density at radius 1 is 1.09 bits per heavy atom. The maximum atomic E-state index is 12.7. The zero-order valence-corrected chi connectivity index (χ0v) is 19.6. The van der Waals surface area contributed by atoms with Crippen LogP contribution in [0.5, 0.6) is 11.5 Å². The van der Waals surface area contributed by atoms with Gasteiger partial charge in [0.25, 0.3) is 0 Å². The van der Waals surface area contributed by atoms with Crippen LogP contribution < -0.4 is 14.8 Å². The van der Waals surface area contributed by atoms with E-state index in [2.05, 4.69) is 37.1 Å². The molecule has 1 heterocycles. The number of aliphatic hydroxyl groups excluding tert-OH is 1. The van der Waals surface area contributed by atoms with Gasteiger partial charge in [0.05, 0.1) is 12.8 Å². The third-order valence-electron chi connectivity index (χ3n) is 5.92. The second-order valence-corrected chi connectivity index (χ2v) is 9.48. The van der Waals surface area contributed by atoms with Crippen LogP contribution in [0.15, 0.2) is 48.5 Å². The van der Waals surface area contributed by atoms with Crippen molar-refractivity contribution in [3.05, 3.63) is 54.1 Å². The first kappa shape index (κ1) is 24.1. The Bertz CT molecular complexity index is 885. The van der Waals surface area contributed by atoms with Gasteiger partial charge in [-0.05, 0) is 55.1 Å². The van der Waals surface area contributed by atoms with E-state index in [1.165, 1.54) is 0 Å².